The number of nitrogens with two attached hydrogens (primary N) is 2. The zero-order chi connectivity index (χ0) is 14.2. The fourth-order valence-corrected chi connectivity index (χ4v) is 2.12. The predicted molar refractivity (Wildman–Crippen MR) is 76.5 cm³/mol. The van der Waals surface area contributed by atoms with Crippen LogP contribution < -0.4 is 11.5 Å². The second-order valence-corrected chi connectivity index (χ2v) is 4.87. The zero-order valence-corrected chi connectivity index (χ0v) is 11.7. The number of benzene rings is 1. The maximum absolute atomic E-state index is 9.19. The van der Waals surface area contributed by atoms with E-state index in [1.807, 2.05) is 31.2 Å². The van der Waals surface area contributed by atoms with Crippen LogP contribution in [-0.4, -0.2) is 4.57 Å². The summed E-state index contributed by atoms with van der Waals surface area (Å²) >= 11 is 3.41. The molecule has 0 bridgehead atoms. The second kappa shape index (κ2) is 4.68. The van der Waals surface area contributed by atoms with Crippen LogP contribution in [0.1, 0.15) is 16.8 Å². The molecule has 0 aliphatic heterocycles. The van der Waals surface area contributed by atoms with Gasteiger partial charge in [-0.3, -0.25) is 4.57 Å². The van der Waals surface area contributed by atoms with E-state index in [0.29, 0.717) is 5.69 Å². The van der Waals surface area contributed by atoms with Gasteiger partial charge in [-0.1, -0.05) is 15.9 Å². The first-order valence-corrected chi connectivity index (χ1v) is 6.17. The van der Waals surface area contributed by atoms with E-state index < -0.39 is 0 Å². The van der Waals surface area contributed by atoms with Crippen LogP contribution in [0.4, 0.5) is 11.5 Å². The first-order valence-electron chi connectivity index (χ1n) is 5.37. The van der Waals surface area contributed by atoms with Crippen molar-refractivity contribution >= 4 is 27.4 Å². The molecular weight excluding hydrogens is 306 g/mol. The van der Waals surface area contributed by atoms with Crippen LogP contribution in [-0.2, 0) is 0 Å². The lowest BCUT2D eigenvalue weighted by Gasteiger charge is -2.09. The van der Waals surface area contributed by atoms with Gasteiger partial charge in [0, 0.05) is 10.2 Å². The molecule has 6 heteroatoms. The lowest BCUT2D eigenvalue weighted by Crippen LogP contribution is -2.03. The molecule has 2 rings (SSSR count). The number of aryl methyl sites for hydroxylation is 1. The van der Waals surface area contributed by atoms with Crippen molar-refractivity contribution in [3.8, 4) is 17.8 Å². The molecule has 1 aromatic heterocycles. The molecule has 0 saturated heterocycles. The number of nitrogen functional groups attached to an aromatic ring is 2. The number of halogens is 1. The molecule has 0 atom stereocenters. The average Bonchev–Trinajstić information content (AvgIpc) is 2.63. The van der Waals surface area contributed by atoms with E-state index in [4.69, 9.17) is 16.7 Å². The van der Waals surface area contributed by atoms with E-state index in [-0.39, 0.29) is 22.8 Å². The van der Waals surface area contributed by atoms with Gasteiger partial charge in [-0.05, 0) is 30.7 Å². The summed E-state index contributed by atoms with van der Waals surface area (Å²) < 4.78 is 2.45. The van der Waals surface area contributed by atoms with Crippen LogP contribution in [0.5, 0.6) is 0 Å². The van der Waals surface area contributed by atoms with E-state index in [9.17, 15) is 5.26 Å². The Kier molecular flexibility index (Phi) is 3.20. The van der Waals surface area contributed by atoms with Crippen molar-refractivity contribution in [1.29, 1.82) is 10.5 Å². The number of aromatic nitrogens is 1. The molecule has 1 aromatic carbocycles. The van der Waals surface area contributed by atoms with Crippen LogP contribution in [0.25, 0.3) is 5.69 Å². The Hall–Kier alpha value is -2.44. The predicted octanol–water partition coefficient (Wildman–Crippen LogP) is 2.46. The Bertz CT molecular complexity index is 746. The van der Waals surface area contributed by atoms with Crippen molar-refractivity contribution in [3.05, 3.63) is 39.5 Å². The van der Waals surface area contributed by atoms with Crippen LogP contribution in [0.2, 0.25) is 0 Å². The third kappa shape index (κ3) is 1.92. The maximum atomic E-state index is 9.19. The molecule has 5 nitrogen and oxygen atoms in total. The molecule has 1 heterocycles. The van der Waals surface area contributed by atoms with Gasteiger partial charge in [0.1, 0.15) is 23.5 Å². The fraction of sp³-hybridized carbons (Fsp3) is 0.0769. The number of nitrogens with zero attached hydrogens (tertiary/aromatic N) is 3. The number of rotatable bonds is 1. The van der Waals surface area contributed by atoms with Crippen LogP contribution in [0.15, 0.2) is 22.7 Å². The van der Waals surface area contributed by atoms with Gasteiger partial charge in [0.05, 0.1) is 5.69 Å². The SMILES string of the molecule is Cc1cc(-n2c(N)c(C#N)c(N)c2C#N)ccc1Br. The van der Waals surface area contributed by atoms with Gasteiger partial charge in [-0.15, -0.1) is 0 Å². The summed E-state index contributed by atoms with van der Waals surface area (Å²) in [5.41, 5.74) is 13.8. The van der Waals surface area contributed by atoms with E-state index >= 15 is 0 Å². The molecule has 2 aromatic rings. The van der Waals surface area contributed by atoms with Gasteiger partial charge in [-0.25, -0.2) is 0 Å². The fourth-order valence-electron chi connectivity index (χ4n) is 1.87. The molecule has 0 aliphatic rings. The van der Waals surface area contributed by atoms with Crippen molar-refractivity contribution in [3.63, 3.8) is 0 Å². The largest absolute Gasteiger partial charge is 0.395 e. The van der Waals surface area contributed by atoms with Crippen molar-refractivity contribution < 1.29 is 0 Å². The highest BCUT2D eigenvalue weighted by molar-refractivity contribution is 9.10. The van der Waals surface area contributed by atoms with E-state index in [2.05, 4.69) is 15.9 Å². The van der Waals surface area contributed by atoms with E-state index in [1.165, 1.54) is 4.57 Å². The Morgan fingerprint density at radius 2 is 1.89 bits per heavy atom. The maximum Gasteiger partial charge on any atom is 0.151 e. The first kappa shape index (κ1) is 13.0. The molecule has 19 heavy (non-hydrogen) atoms. The highest BCUT2D eigenvalue weighted by atomic mass is 79.9. The van der Waals surface area contributed by atoms with Gasteiger partial charge in [0.25, 0.3) is 0 Å². The minimum Gasteiger partial charge on any atom is -0.395 e. The average molecular weight is 316 g/mol. The Morgan fingerprint density at radius 1 is 1.21 bits per heavy atom. The summed E-state index contributed by atoms with van der Waals surface area (Å²) in [6, 6.07) is 9.43. The minimum atomic E-state index is 0.114. The van der Waals surface area contributed by atoms with Gasteiger partial charge >= 0.3 is 0 Å². The second-order valence-electron chi connectivity index (χ2n) is 4.02. The van der Waals surface area contributed by atoms with Crippen LogP contribution in [0.3, 0.4) is 0 Å². The van der Waals surface area contributed by atoms with Gasteiger partial charge in [0.2, 0.25) is 0 Å². The summed E-state index contributed by atoms with van der Waals surface area (Å²) in [6.07, 6.45) is 0. The molecule has 0 aliphatic carbocycles. The lowest BCUT2D eigenvalue weighted by molar-refractivity contribution is 1.06. The number of anilines is 2. The quantitative estimate of drug-likeness (QED) is 0.843. The molecule has 0 spiro atoms. The topological polar surface area (TPSA) is 105 Å². The summed E-state index contributed by atoms with van der Waals surface area (Å²) in [7, 11) is 0. The van der Waals surface area contributed by atoms with Gasteiger partial charge in [0.15, 0.2) is 5.69 Å². The molecule has 0 saturated carbocycles. The van der Waals surface area contributed by atoms with Crippen LogP contribution >= 0.6 is 15.9 Å². The molecule has 0 radical (unpaired) electrons. The third-order valence-electron chi connectivity index (χ3n) is 2.86. The molecule has 94 valence electrons. The summed E-state index contributed by atoms with van der Waals surface area (Å²) in [6.45, 7) is 1.92. The van der Waals surface area contributed by atoms with Gasteiger partial charge in [-0.2, -0.15) is 10.5 Å². The highest BCUT2D eigenvalue weighted by Gasteiger charge is 2.20. The molecule has 0 amide bonds. The standard InChI is InChI=1S/C13H10BrN5/c1-7-4-8(2-3-10(7)14)19-11(6-16)12(17)9(5-15)13(19)18/h2-4H,17-18H2,1H3. The first-order chi connectivity index (χ1) is 9.01. The lowest BCUT2D eigenvalue weighted by atomic mass is 10.2. The van der Waals surface area contributed by atoms with Gasteiger partial charge < -0.3 is 11.5 Å². The normalized spacial score (nSPS) is 9.89. The Labute approximate surface area is 118 Å². The highest BCUT2D eigenvalue weighted by Crippen LogP contribution is 2.31. The minimum absolute atomic E-state index is 0.114. The summed E-state index contributed by atoms with van der Waals surface area (Å²) in [5, 5.41) is 18.2. The summed E-state index contributed by atoms with van der Waals surface area (Å²) in [4.78, 5) is 0. The van der Waals surface area contributed by atoms with Crippen molar-refractivity contribution in [2.24, 2.45) is 0 Å². The monoisotopic (exact) mass is 315 g/mol. The smallest absolute Gasteiger partial charge is 0.151 e. The molecular formula is C13H10BrN5. The number of nitriles is 2. The van der Waals surface area contributed by atoms with E-state index in [1.54, 1.807) is 6.07 Å². The zero-order valence-electron chi connectivity index (χ0n) is 10.1. The van der Waals surface area contributed by atoms with Crippen LogP contribution in [0, 0.1) is 29.6 Å². The molecule has 0 unspecified atom stereocenters. The Morgan fingerprint density at radius 3 is 2.42 bits per heavy atom. The molecule has 0 fully saturated rings. The van der Waals surface area contributed by atoms with Crippen molar-refractivity contribution in [2.45, 2.75) is 6.92 Å². The van der Waals surface area contributed by atoms with Crippen molar-refractivity contribution in [1.82, 2.24) is 4.57 Å². The summed E-state index contributed by atoms with van der Waals surface area (Å²) in [5.74, 6) is 0.179. The Balaban J connectivity index is 2.80. The third-order valence-corrected chi connectivity index (χ3v) is 3.75. The number of hydrogen-bond donors (Lipinski definition) is 2. The number of hydrogen-bond acceptors (Lipinski definition) is 4. The molecule has 4 N–H and O–H groups in total. The van der Waals surface area contributed by atoms with Crippen molar-refractivity contribution in [2.75, 3.05) is 11.5 Å². The van der Waals surface area contributed by atoms with E-state index in [0.717, 1.165) is 10.0 Å².